The number of hydrogen-bond acceptors (Lipinski definition) is 8. The average Bonchev–Trinajstić information content (AvgIpc) is 2.98. The molecule has 11 nitrogen and oxygen atoms in total. The molecular formula is C19H15N3O8. The molecule has 1 saturated heterocycles. The lowest BCUT2D eigenvalue weighted by molar-refractivity contribution is -0.385. The summed E-state index contributed by atoms with van der Waals surface area (Å²) < 4.78 is 0. The van der Waals surface area contributed by atoms with Crippen LogP contribution >= 0.6 is 0 Å². The van der Waals surface area contributed by atoms with Gasteiger partial charge in [0.1, 0.15) is 5.76 Å². The number of likely N-dealkylation sites (tertiary alicyclic amines) is 1. The molecule has 1 heterocycles. The van der Waals surface area contributed by atoms with Crippen LogP contribution in [0.2, 0.25) is 0 Å². The van der Waals surface area contributed by atoms with E-state index in [-0.39, 0.29) is 34.6 Å². The Kier molecular flexibility index (Phi) is 5.56. The number of non-ortho nitro benzene ring substituents is 2. The van der Waals surface area contributed by atoms with Crippen LogP contribution in [-0.2, 0) is 9.59 Å². The van der Waals surface area contributed by atoms with Crippen molar-refractivity contribution < 1.29 is 29.6 Å². The van der Waals surface area contributed by atoms with E-state index < -0.39 is 39.9 Å². The number of hydrogen-bond donors (Lipinski definition) is 2. The summed E-state index contributed by atoms with van der Waals surface area (Å²) in [5, 5.41) is 42.0. The Bertz CT molecular complexity index is 1080. The third-order valence-corrected chi connectivity index (χ3v) is 4.63. The summed E-state index contributed by atoms with van der Waals surface area (Å²) in [5.41, 5.74) is -0.596. The first-order valence-corrected chi connectivity index (χ1v) is 8.64. The molecule has 0 aliphatic carbocycles. The highest BCUT2D eigenvalue weighted by Gasteiger charge is 2.46. The van der Waals surface area contributed by atoms with E-state index in [1.165, 1.54) is 36.4 Å². The van der Waals surface area contributed by atoms with E-state index >= 15 is 0 Å². The molecule has 0 radical (unpaired) electrons. The maximum atomic E-state index is 12.7. The predicted octanol–water partition coefficient (Wildman–Crippen LogP) is 1.92. The van der Waals surface area contributed by atoms with Crippen LogP contribution in [-0.4, -0.2) is 49.8 Å². The van der Waals surface area contributed by atoms with Gasteiger partial charge in [0, 0.05) is 36.4 Å². The number of nitro benzene ring substituents is 2. The maximum Gasteiger partial charge on any atom is 0.295 e. The molecule has 0 unspecified atom stereocenters. The average molecular weight is 413 g/mol. The quantitative estimate of drug-likeness (QED) is 0.238. The third-order valence-electron chi connectivity index (χ3n) is 4.63. The zero-order valence-corrected chi connectivity index (χ0v) is 15.3. The summed E-state index contributed by atoms with van der Waals surface area (Å²) in [4.78, 5) is 46.8. The molecule has 1 fully saturated rings. The minimum absolute atomic E-state index is 0.0537. The second-order valence-corrected chi connectivity index (χ2v) is 6.37. The van der Waals surface area contributed by atoms with Gasteiger partial charge in [-0.2, -0.15) is 0 Å². The number of amides is 1. The minimum Gasteiger partial charge on any atom is -0.507 e. The molecule has 0 bridgehead atoms. The Morgan fingerprint density at radius 2 is 1.63 bits per heavy atom. The predicted molar refractivity (Wildman–Crippen MR) is 102 cm³/mol. The van der Waals surface area contributed by atoms with Gasteiger partial charge in [0.05, 0.1) is 28.1 Å². The smallest absolute Gasteiger partial charge is 0.295 e. The number of β-amino-alcohol motifs (C(OH)–C–C–N with tert-alkyl or cyclic N) is 1. The van der Waals surface area contributed by atoms with Gasteiger partial charge in [-0.3, -0.25) is 29.8 Å². The molecule has 3 rings (SSSR count). The van der Waals surface area contributed by atoms with Crippen molar-refractivity contribution in [2.45, 2.75) is 6.04 Å². The molecule has 1 amide bonds. The van der Waals surface area contributed by atoms with Gasteiger partial charge in [0.25, 0.3) is 23.1 Å². The van der Waals surface area contributed by atoms with Crippen LogP contribution in [0.3, 0.4) is 0 Å². The lowest BCUT2D eigenvalue weighted by Crippen LogP contribution is -2.32. The first-order valence-electron chi connectivity index (χ1n) is 8.64. The van der Waals surface area contributed by atoms with Crippen LogP contribution in [0.15, 0.2) is 54.1 Å². The number of nitro groups is 2. The zero-order valence-electron chi connectivity index (χ0n) is 15.3. The van der Waals surface area contributed by atoms with Crippen molar-refractivity contribution in [3.05, 3.63) is 85.5 Å². The number of benzene rings is 2. The summed E-state index contributed by atoms with van der Waals surface area (Å²) in [6.07, 6.45) is 0. The van der Waals surface area contributed by atoms with Crippen molar-refractivity contribution in [2.75, 3.05) is 13.2 Å². The van der Waals surface area contributed by atoms with Crippen molar-refractivity contribution in [3.63, 3.8) is 0 Å². The topological polar surface area (TPSA) is 164 Å². The highest BCUT2D eigenvalue weighted by Crippen LogP contribution is 2.40. The number of aliphatic hydroxyl groups excluding tert-OH is 2. The summed E-state index contributed by atoms with van der Waals surface area (Å²) in [6, 6.07) is 8.75. The number of carbonyl (C=O) groups excluding carboxylic acids is 2. The first kappa shape index (κ1) is 20.6. The van der Waals surface area contributed by atoms with Crippen molar-refractivity contribution >= 4 is 28.8 Å². The second kappa shape index (κ2) is 8.09. The number of ketones is 1. The molecule has 0 aromatic heterocycles. The Morgan fingerprint density at radius 3 is 2.20 bits per heavy atom. The Balaban J connectivity index is 2.18. The molecular weight excluding hydrogens is 398 g/mol. The van der Waals surface area contributed by atoms with Crippen LogP contribution in [0.5, 0.6) is 0 Å². The van der Waals surface area contributed by atoms with Crippen LogP contribution in [0.1, 0.15) is 17.2 Å². The van der Waals surface area contributed by atoms with Crippen molar-refractivity contribution in [3.8, 4) is 0 Å². The number of Topliss-reactive ketones (excluding diaryl/α,β-unsaturated/α-hetero) is 1. The van der Waals surface area contributed by atoms with Crippen LogP contribution in [0, 0.1) is 20.2 Å². The molecule has 2 N–H and O–H groups in total. The van der Waals surface area contributed by atoms with E-state index in [0.717, 1.165) is 17.0 Å². The second-order valence-electron chi connectivity index (χ2n) is 6.37. The monoisotopic (exact) mass is 413 g/mol. The molecule has 154 valence electrons. The Morgan fingerprint density at radius 1 is 1.00 bits per heavy atom. The van der Waals surface area contributed by atoms with Crippen LogP contribution in [0.4, 0.5) is 11.4 Å². The lowest BCUT2D eigenvalue weighted by atomic mass is 9.95. The maximum absolute atomic E-state index is 12.7. The van der Waals surface area contributed by atoms with Crippen LogP contribution in [0.25, 0.3) is 5.76 Å². The molecule has 1 aliphatic heterocycles. The van der Waals surface area contributed by atoms with E-state index in [0.29, 0.717) is 0 Å². The fourth-order valence-electron chi connectivity index (χ4n) is 3.27. The van der Waals surface area contributed by atoms with Crippen molar-refractivity contribution in [1.82, 2.24) is 4.90 Å². The van der Waals surface area contributed by atoms with Crippen LogP contribution < -0.4 is 0 Å². The molecule has 0 spiro atoms. The van der Waals surface area contributed by atoms with Gasteiger partial charge in [-0.1, -0.05) is 12.1 Å². The van der Waals surface area contributed by atoms with E-state index in [9.17, 15) is 40.0 Å². The van der Waals surface area contributed by atoms with E-state index in [1.54, 1.807) is 0 Å². The Hall–Kier alpha value is -4.12. The largest absolute Gasteiger partial charge is 0.507 e. The summed E-state index contributed by atoms with van der Waals surface area (Å²) in [6.45, 7) is -0.717. The standard InChI is InChI=1S/C19H15N3O8/c23-9-8-20-16(12-2-1-3-14(10-12)22(29)30)15(18(25)19(20)26)17(24)11-4-6-13(7-5-11)21(27)28/h1-7,10,16,23-24H,8-9H2/t16-/m1/s1. The minimum atomic E-state index is -1.17. The highest BCUT2D eigenvalue weighted by atomic mass is 16.6. The number of aliphatic hydroxyl groups is 2. The third kappa shape index (κ3) is 3.61. The molecule has 30 heavy (non-hydrogen) atoms. The molecule has 11 heteroatoms. The van der Waals surface area contributed by atoms with Gasteiger partial charge in [-0.15, -0.1) is 0 Å². The highest BCUT2D eigenvalue weighted by molar-refractivity contribution is 6.46. The summed E-state index contributed by atoms with van der Waals surface area (Å²) >= 11 is 0. The lowest BCUT2D eigenvalue weighted by Gasteiger charge is -2.24. The van der Waals surface area contributed by atoms with Gasteiger partial charge >= 0.3 is 0 Å². The van der Waals surface area contributed by atoms with Gasteiger partial charge in [0.15, 0.2) is 0 Å². The van der Waals surface area contributed by atoms with E-state index in [1.807, 2.05) is 0 Å². The number of carbonyl (C=O) groups is 2. The van der Waals surface area contributed by atoms with Crippen molar-refractivity contribution in [1.29, 1.82) is 0 Å². The van der Waals surface area contributed by atoms with Gasteiger partial charge in [0.2, 0.25) is 0 Å². The van der Waals surface area contributed by atoms with Crippen molar-refractivity contribution in [2.24, 2.45) is 0 Å². The molecule has 1 aliphatic rings. The fourth-order valence-corrected chi connectivity index (χ4v) is 3.27. The molecule has 0 saturated carbocycles. The van der Waals surface area contributed by atoms with E-state index in [4.69, 9.17) is 0 Å². The van der Waals surface area contributed by atoms with Gasteiger partial charge < -0.3 is 15.1 Å². The number of nitrogens with zero attached hydrogens (tertiary/aromatic N) is 3. The zero-order chi connectivity index (χ0) is 22.0. The summed E-state index contributed by atoms with van der Waals surface area (Å²) in [5.74, 6) is -2.60. The SMILES string of the molecule is O=C1C(=O)N(CCO)[C@H](c2cccc([N+](=O)[O-])c2)C1=C(O)c1ccc([N+](=O)[O-])cc1. The molecule has 2 aromatic carbocycles. The normalized spacial score (nSPS) is 17.9. The van der Waals surface area contributed by atoms with Gasteiger partial charge in [-0.05, 0) is 17.7 Å². The molecule has 1 atom stereocenters. The first-order chi connectivity index (χ1) is 14.3. The van der Waals surface area contributed by atoms with E-state index in [2.05, 4.69) is 0 Å². The Labute approximate surface area is 168 Å². The molecule has 2 aromatic rings. The van der Waals surface area contributed by atoms with Gasteiger partial charge in [-0.25, -0.2) is 0 Å². The summed E-state index contributed by atoms with van der Waals surface area (Å²) in [7, 11) is 0. The number of rotatable bonds is 6. The fraction of sp³-hybridized carbons (Fsp3) is 0.158.